The van der Waals surface area contributed by atoms with Crippen LogP contribution in [0.3, 0.4) is 0 Å². The molecule has 27 heavy (non-hydrogen) atoms. The van der Waals surface area contributed by atoms with Gasteiger partial charge in [0.1, 0.15) is 5.75 Å². The van der Waals surface area contributed by atoms with E-state index in [1.54, 1.807) is 42.5 Å². The number of ether oxygens (including phenoxy) is 1. The zero-order valence-electron chi connectivity index (χ0n) is 14.6. The first-order chi connectivity index (χ1) is 12.8. The van der Waals surface area contributed by atoms with Crippen LogP contribution in [0, 0.1) is 0 Å². The van der Waals surface area contributed by atoms with E-state index >= 15 is 0 Å². The van der Waals surface area contributed by atoms with Crippen LogP contribution in [0.4, 0.5) is 5.69 Å². The Morgan fingerprint density at radius 1 is 1.11 bits per heavy atom. The van der Waals surface area contributed by atoms with Crippen molar-refractivity contribution in [2.24, 2.45) is 0 Å². The highest BCUT2D eigenvalue weighted by atomic mass is 35.5. The second-order valence-corrected chi connectivity index (χ2v) is 6.91. The molecule has 0 bridgehead atoms. The largest absolute Gasteiger partial charge is 0.492 e. The number of thiocarbonyl (C=S) groups is 1. The Labute approximate surface area is 173 Å². The van der Waals surface area contributed by atoms with Gasteiger partial charge in [0.25, 0.3) is 0 Å². The number of carbonyl (C=O) groups is 2. The van der Waals surface area contributed by atoms with Crippen LogP contribution in [0.15, 0.2) is 42.5 Å². The molecule has 2 rings (SSSR count). The van der Waals surface area contributed by atoms with Crippen molar-refractivity contribution in [2.75, 3.05) is 11.9 Å². The third-order valence-electron chi connectivity index (χ3n) is 3.50. The van der Waals surface area contributed by atoms with E-state index in [-0.39, 0.29) is 23.2 Å². The van der Waals surface area contributed by atoms with Gasteiger partial charge in [-0.25, -0.2) is 0 Å². The standard InChI is InChI=1S/C19H18Cl2N2O3S/c1-12(24)13-4-7-15(8-5-13)22-19(27)23-18(25)3-2-10-26-17-9-6-14(20)11-16(17)21/h4-9,11H,2-3,10H2,1H3,(H2,22,23,25,27). The maximum Gasteiger partial charge on any atom is 0.226 e. The molecule has 1 amide bonds. The normalized spacial score (nSPS) is 10.2. The van der Waals surface area contributed by atoms with Gasteiger partial charge in [0.15, 0.2) is 10.9 Å². The van der Waals surface area contributed by atoms with Gasteiger partial charge in [-0.3, -0.25) is 9.59 Å². The lowest BCUT2D eigenvalue weighted by molar-refractivity contribution is -0.119. The molecule has 0 saturated carbocycles. The SMILES string of the molecule is CC(=O)c1ccc(NC(=S)NC(=O)CCCOc2ccc(Cl)cc2Cl)cc1. The Morgan fingerprint density at radius 2 is 1.81 bits per heavy atom. The molecular formula is C19H18Cl2N2O3S. The van der Waals surface area contributed by atoms with E-state index in [2.05, 4.69) is 10.6 Å². The van der Waals surface area contributed by atoms with Crippen molar-refractivity contribution in [1.82, 2.24) is 5.32 Å². The molecule has 0 aliphatic rings. The average molecular weight is 425 g/mol. The summed E-state index contributed by atoms with van der Waals surface area (Å²) in [5.41, 5.74) is 1.29. The molecule has 0 spiro atoms. The summed E-state index contributed by atoms with van der Waals surface area (Å²) in [6.45, 7) is 1.83. The van der Waals surface area contributed by atoms with E-state index in [9.17, 15) is 9.59 Å². The van der Waals surface area contributed by atoms with Crippen LogP contribution < -0.4 is 15.4 Å². The van der Waals surface area contributed by atoms with E-state index in [4.69, 9.17) is 40.2 Å². The maximum absolute atomic E-state index is 11.9. The van der Waals surface area contributed by atoms with Gasteiger partial charge in [0.05, 0.1) is 11.6 Å². The molecule has 0 aliphatic carbocycles. The summed E-state index contributed by atoms with van der Waals surface area (Å²) in [6, 6.07) is 11.8. The Kier molecular flexibility index (Phi) is 8.03. The molecule has 0 aromatic heterocycles. The molecule has 8 heteroatoms. The Morgan fingerprint density at radius 3 is 2.44 bits per heavy atom. The topological polar surface area (TPSA) is 67.4 Å². The summed E-state index contributed by atoms with van der Waals surface area (Å²) < 4.78 is 5.53. The number of nitrogens with one attached hydrogen (secondary N) is 2. The number of hydrogen-bond acceptors (Lipinski definition) is 4. The van der Waals surface area contributed by atoms with Crippen LogP contribution in [-0.4, -0.2) is 23.4 Å². The minimum atomic E-state index is -0.223. The molecule has 2 N–H and O–H groups in total. The van der Waals surface area contributed by atoms with Crippen LogP contribution in [0.1, 0.15) is 30.1 Å². The average Bonchev–Trinajstić information content (AvgIpc) is 2.60. The summed E-state index contributed by atoms with van der Waals surface area (Å²) in [5.74, 6) is 0.283. The van der Waals surface area contributed by atoms with Gasteiger partial charge in [-0.05, 0) is 68.0 Å². The molecule has 0 unspecified atom stereocenters. The molecule has 0 saturated heterocycles. The monoisotopic (exact) mass is 424 g/mol. The fraction of sp³-hybridized carbons (Fsp3) is 0.211. The second kappa shape index (κ2) is 10.3. The fourth-order valence-electron chi connectivity index (χ4n) is 2.15. The number of anilines is 1. The molecule has 5 nitrogen and oxygen atoms in total. The molecule has 0 heterocycles. The van der Waals surface area contributed by atoms with Crippen molar-refractivity contribution < 1.29 is 14.3 Å². The molecule has 0 fully saturated rings. The summed E-state index contributed by atoms with van der Waals surface area (Å²) in [5, 5.41) is 6.64. The van der Waals surface area contributed by atoms with E-state index in [1.807, 2.05) is 0 Å². The fourth-order valence-corrected chi connectivity index (χ4v) is 2.84. The lowest BCUT2D eigenvalue weighted by atomic mass is 10.1. The summed E-state index contributed by atoms with van der Waals surface area (Å²) in [4.78, 5) is 23.2. The van der Waals surface area contributed by atoms with E-state index in [0.29, 0.717) is 40.1 Å². The smallest absolute Gasteiger partial charge is 0.226 e. The van der Waals surface area contributed by atoms with E-state index in [0.717, 1.165) is 0 Å². The lowest BCUT2D eigenvalue weighted by Gasteiger charge is -2.11. The van der Waals surface area contributed by atoms with Gasteiger partial charge in [-0.15, -0.1) is 0 Å². The van der Waals surface area contributed by atoms with Crippen LogP contribution in [0.5, 0.6) is 5.75 Å². The van der Waals surface area contributed by atoms with Crippen molar-refractivity contribution in [1.29, 1.82) is 0 Å². The van der Waals surface area contributed by atoms with Crippen LogP contribution in [0.25, 0.3) is 0 Å². The summed E-state index contributed by atoms with van der Waals surface area (Å²) >= 11 is 16.9. The zero-order chi connectivity index (χ0) is 19.8. The maximum atomic E-state index is 11.9. The molecule has 0 atom stereocenters. The van der Waals surface area contributed by atoms with Gasteiger partial charge >= 0.3 is 0 Å². The number of Topliss-reactive ketones (excluding diaryl/α,β-unsaturated/α-hetero) is 1. The number of hydrogen-bond donors (Lipinski definition) is 2. The highest BCUT2D eigenvalue weighted by Crippen LogP contribution is 2.27. The Bertz CT molecular complexity index is 841. The molecule has 0 radical (unpaired) electrons. The van der Waals surface area contributed by atoms with Gasteiger partial charge in [0, 0.05) is 22.7 Å². The quantitative estimate of drug-likeness (QED) is 0.377. The first-order valence-electron chi connectivity index (χ1n) is 8.15. The van der Waals surface area contributed by atoms with Crippen molar-refractivity contribution in [3.63, 3.8) is 0 Å². The predicted octanol–water partition coefficient (Wildman–Crippen LogP) is 4.87. The van der Waals surface area contributed by atoms with Crippen molar-refractivity contribution >= 4 is 57.9 Å². The minimum absolute atomic E-state index is 0.0143. The zero-order valence-corrected chi connectivity index (χ0v) is 16.9. The first kappa shape index (κ1) is 21.2. The van der Waals surface area contributed by atoms with E-state index in [1.165, 1.54) is 6.92 Å². The number of benzene rings is 2. The van der Waals surface area contributed by atoms with Gasteiger partial charge < -0.3 is 15.4 Å². The predicted molar refractivity (Wildman–Crippen MR) is 112 cm³/mol. The number of carbonyl (C=O) groups excluding carboxylic acids is 2. The lowest BCUT2D eigenvalue weighted by Crippen LogP contribution is -2.34. The van der Waals surface area contributed by atoms with Crippen LogP contribution in [-0.2, 0) is 4.79 Å². The third kappa shape index (κ3) is 7.17. The third-order valence-corrected chi connectivity index (χ3v) is 4.24. The second-order valence-electron chi connectivity index (χ2n) is 5.66. The van der Waals surface area contributed by atoms with E-state index < -0.39 is 0 Å². The van der Waals surface area contributed by atoms with Crippen molar-refractivity contribution in [3.05, 3.63) is 58.1 Å². The molecule has 2 aromatic carbocycles. The highest BCUT2D eigenvalue weighted by molar-refractivity contribution is 7.80. The molecule has 0 aliphatic heterocycles. The summed E-state index contributed by atoms with van der Waals surface area (Å²) in [6.07, 6.45) is 0.747. The number of halogens is 2. The van der Waals surface area contributed by atoms with Crippen LogP contribution in [0.2, 0.25) is 10.0 Å². The molecule has 142 valence electrons. The number of amides is 1. The number of rotatable bonds is 7. The van der Waals surface area contributed by atoms with Gasteiger partial charge in [-0.1, -0.05) is 23.2 Å². The van der Waals surface area contributed by atoms with Crippen molar-refractivity contribution in [3.8, 4) is 5.75 Å². The summed E-state index contributed by atoms with van der Waals surface area (Å²) in [7, 11) is 0. The highest BCUT2D eigenvalue weighted by Gasteiger charge is 2.07. The minimum Gasteiger partial charge on any atom is -0.492 e. The van der Waals surface area contributed by atoms with Gasteiger partial charge in [-0.2, -0.15) is 0 Å². The molecule has 2 aromatic rings. The Balaban J connectivity index is 1.70. The first-order valence-corrected chi connectivity index (χ1v) is 9.31. The number of ketones is 1. The van der Waals surface area contributed by atoms with Gasteiger partial charge in [0.2, 0.25) is 5.91 Å². The van der Waals surface area contributed by atoms with Crippen LogP contribution >= 0.6 is 35.4 Å². The Hall–Kier alpha value is -2.15. The van der Waals surface area contributed by atoms with Crippen molar-refractivity contribution in [2.45, 2.75) is 19.8 Å². The molecular weight excluding hydrogens is 407 g/mol.